The zero-order valence-electron chi connectivity index (χ0n) is 15.6. The Morgan fingerprint density at radius 1 is 0.929 bits per heavy atom. The standard InChI is InChI=1S/C19H22N2O5S2/c1-20(2)28(25,26)17-10-8-15(9-11-17)19(22)21-13-12-18(14-21)27(23,24)16-6-4-3-5-7-16/h3-11,18H,12-14H2,1-2H3. The second-order valence-corrected chi connectivity index (χ2v) is 11.2. The van der Waals surface area contributed by atoms with Crippen LogP contribution in [0.5, 0.6) is 0 Å². The third kappa shape index (κ3) is 3.82. The van der Waals surface area contributed by atoms with Gasteiger partial charge in [-0.05, 0) is 42.8 Å². The lowest BCUT2D eigenvalue weighted by atomic mass is 10.2. The highest BCUT2D eigenvalue weighted by Crippen LogP contribution is 2.25. The highest BCUT2D eigenvalue weighted by atomic mass is 32.2. The Balaban J connectivity index is 1.75. The summed E-state index contributed by atoms with van der Waals surface area (Å²) in [5, 5.41) is -0.646. The Bertz CT molecular complexity index is 1060. The molecule has 0 spiro atoms. The maximum absolute atomic E-state index is 12.7. The molecular weight excluding hydrogens is 400 g/mol. The van der Waals surface area contributed by atoms with Crippen LogP contribution in [0.15, 0.2) is 64.4 Å². The van der Waals surface area contributed by atoms with E-state index in [1.165, 1.54) is 43.3 Å². The summed E-state index contributed by atoms with van der Waals surface area (Å²) in [4.78, 5) is 14.6. The van der Waals surface area contributed by atoms with Crippen LogP contribution in [0.1, 0.15) is 16.8 Å². The second-order valence-electron chi connectivity index (χ2n) is 6.83. The largest absolute Gasteiger partial charge is 0.337 e. The average molecular weight is 423 g/mol. The van der Waals surface area contributed by atoms with E-state index < -0.39 is 25.1 Å². The zero-order chi connectivity index (χ0) is 20.5. The first kappa shape index (κ1) is 20.5. The number of likely N-dealkylation sites (tertiary alicyclic amines) is 1. The van der Waals surface area contributed by atoms with Gasteiger partial charge in [-0.2, -0.15) is 0 Å². The van der Waals surface area contributed by atoms with Crippen LogP contribution < -0.4 is 0 Å². The number of hydrogen-bond acceptors (Lipinski definition) is 5. The van der Waals surface area contributed by atoms with Crippen LogP contribution in [0.2, 0.25) is 0 Å². The highest BCUT2D eigenvalue weighted by molar-refractivity contribution is 7.92. The number of carbonyl (C=O) groups is 1. The lowest BCUT2D eigenvalue weighted by Crippen LogP contribution is -2.32. The van der Waals surface area contributed by atoms with E-state index in [4.69, 9.17) is 0 Å². The molecule has 0 radical (unpaired) electrons. The maximum atomic E-state index is 12.7. The predicted molar refractivity (Wildman–Crippen MR) is 105 cm³/mol. The summed E-state index contributed by atoms with van der Waals surface area (Å²) in [5.41, 5.74) is 0.329. The minimum Gasteiger partial charge on any atom is -0.337 e. The molecule has 0 bridgehead atoms. The zero-order valence-corrected chi connectivity index (χ0v) is 17.3. The molecule has 1 saturated heterocycles. The Morgan fingerprint density at radius 3 is 2.11 bits per heavy atom. The third-order valence-corrected chi connectivity index (χ3v) is 8.84. The van der Waals surface area contributed by atoms with Gasteiger partial charge in [0, 0.05) is 32.7 Å². The van der Waals surface area contributed by atoms with E-state index in [2.05, 4.69) is 0 Å². The predicted octanol–water partition coefficient (Wildman–Crippen LogP) is 1.63. The van der Waals surface area contributed by atoms with Gasteiger partial charge in [0.25, 0.3) is 5.91 Å². The van der Waals surface area contributed by atoms with E-state index in [0.29, 0.717) is 18.5 Å². The molecule has 1 aliphatic rings. The van der Waals surface area contributed by atoms with E-state index in [1.807, 2.05) is 0 Å². The number of carbonyl (C=O) groups excluding carboxylic acids is 1. The number of sulfone groups is 1. The molecule has 1 unspecified atom stereocenters. The first-order valence-electron chi connectivity index (χ1n) is 8.75. The molecule has 3 rings (SSSR count). The molecule has 1 fully saturated rings. The third-order valence-electron chi connectivity index (χ3n) is 4.82. The van der Waals surface area contributed by atoms with Gasteiger partial charge in [0.15, 0.2) is 9.84 Å². The number of nitrogens with zero attached hydrogens (tertiary/aromatic N) is 2. The smallest absolute Gasteiger partial charge is 0.253 e. The van der Waals surface area contributed by atoms with Crippen LogP contribution in [0, 0.1) is 0 Å². The molecule has 2 aromatic carbocycles. The summed E-state index contributed by atoms with van der Waals surface area (Å²) < 4.78 is 50.8. The fourth-order valence-electron chi connectivity index (χ4n) is 3.13. The van der Waals surface area contributed by atoms with Crippen molar-refractivity contribution >= 4 is 25.8 Å². The van der Waals surface area contributed by atoms with Crippen LogP contribution >= 0.6 is 0 Å². The summed E-state index contributed by atoms with van der Waals surface area (Å²) >= 11 is 0. The van der Waals surface area contributed by atoms with Crippen molar-refractivity contribution in [2.24, 2.45) is 0 Å². The number of sulfonamides is 1. The van der Waals surface area contributed by atoms with E-state index in [0.717, 1.165) is 4.31 Å². The quantitative estimate of drug-likeness (QED) is 0.730. The average Bonchev–Trinajstić information content (AvgIpc) is 3.19. The van der Waals surface area contributed by atoms with E-state index in [1.54, 1.807) is 30.3 Å². The topological polar surface area (TPSA) is 91.8 Å². The molecule has 9 heteroatoms. The normalized spacial score (nSPS) is 17.8. The minimum absolute atomic E-state index is 0.0972. The van der Waals surface area contributed by atoms with Gasteiger partial charge in [0.05, 0.1) is 15.0 Å². The maximum Gasteiger partial charge on any atom is 0.253 e. The molecule has 1 aliphatic heterocycles. The molecule has 7 nitrogen and oxygen atoms in total. The van der Waals surface area contributed by atoms with Gasteiger partial charge in [0.1, 0.15) is 0 Å². The second kappa shape index (κ2) is 7.65. The summed E-state index contributed by atoms with van der Waals surface area (Å²) in [6, 6.07) is 13.9. The highest BCUT2D eigenvalue weighted by Gasteiger charge is 2.36. The van der Waals surface area contributed by atoms with Crippen molar-refractivity contribution in [3.8, 4) is 0 Å². The molecule has 0 aliphatic carbocycles. The first-order valence-corrected chi connectivity index (χ1v) is 11.7. The van der Waals surface area contributed by atoms with Crippen molar-refractivity contribution in [1.29, 1.82) is 0 Å². The van der Waals surface area contributed by atoms with Crippen LogP contribution in [-0.4, -0.2) is 64.4 Å². The number of hydrogen-bond donors (Lipinski definition) is 0. The lowest BCUT2D eigenvalue weighted by Gasteiger charge is -2.17. The summed E-state index contributed by atoms with van der Waals surface area (Å²) in [5.74, 6) is -0.306. The molecule has 150 valence electrons. The minimum atomic E-state index is -3.57. The van der Waals surface area contributed by atoms with Gasteiger partial charge in [-0.25, -0.2) is 21.1 Å². The van der Waals surface area contributed by atoms with Crippen LogP contribution in [-0.2, 0) is 19.9 Å². The van der Waals surface area contributed by atoms with E-state index in [-0.39, 0.29) is 22.2 Å². The van der Waals surface area contributed by atoms with Crippen molar-refractivity contribution in [3.05, 3.63) is 60.2 Å². The Kier molecular flexibility index (Phi) is 5.60. The monoisotopic (exact) mass is 422 g/mol. The number of amides is 1. The Hall–Kier alpha value is -2.23. The molecule has 0 N–H and O–H groups in total. The van der Waals surface area contributed by atoms with Crippen molar-refractivity contribution in [3.63, 3.8) is 0 Å². The van der Waals surface area contributed by atoms with Crippen molar-refractivity contribution in [2.45, 2.75) is 21.5 Å². The summed E-state index contributed by atoms with van der Waals surface area (Å²) in [6.07, 6.45) is 0.371. The van der Waals surface area contributed by atoms with Gasteiger partial charge < -0.3 is 4.90 Å². The van der Waals surface area contributed by atoms with Crippen molar-refractivity contribution < 1.29 is 21.6 Å². The SMILES string of the molecule is CN(C)S(=O)(=O)c1ccc(C(=O)N2CCC(S(=O)(=O)c3ccccc3)C2)cc1. The molecule has 0 saturated carbocycles. The molecule has 1 heterocycles. The van der Waals surface area contributed by atoms with E-state index in [9.17, 15) is 21.6 Å². The van der Waals surface area contributed by atoms with Gasteiger partial charge in [-0.3, -0.25) is 4.79 Å². The van der Waals surface area contributed by atoms with Crippen LogP contribution in [0.25, 0.3) is 0 Å². The van der Waals surface area contributed by atoms with Crippen molar-refractivity contribution in [2.75, 3.05) is 27.2 Å². The summed E-state index contributed by atoms with van der Waals surface area (Å²) in [6.45, 7) is 0.459. The molecule has 1 amide bonds. The number of rotatable bonds is 5. The van der Waals surface area contributed by atoms with Gasteiger partial charge >= 0.3 is 0 Å². The van der Waals surface area contributed by atoms with Gasteiger partial charge in [0.2, 0.25) is 10.0 Å². The van der Waals surface area contributed by atoms with Gasteiger partial charge in [-0.1, -0.05) is 18.2 Å². The fourth-order valence-corrected chi connectivity index (χ4v) is 5.75. The molecular formula is C19H22N2O5S2. The summed E-state index contributed by atoms with van der Waals surface area (Å²) in [7, 11) is -4.20. The van der Waals surface area contributed by atoms with Crippen LogP contribution in [0.3, 0.4) is 0 Å². The van der Waals surface area contributed by atoms with E-state index >= 15 is 0 Å². The van der Waals surface area contributed by atoms with Crippen molar-refractivity contribution in [1.82, 2.24) is 9.21 Å². The molecule has 0 aromatic heterocycles. The number of benzene rings is 2. The molecule has 1 atom stereocenters. The first-order chi connectivity index (χ1) is 13.1. The molecule has 28 heavy (non-hydrogen) atoms. The Labute approximate surface area is 165 Å². The lowest BCUT2D eigenvalue weighted by molar-refractivity contribution is 0.0793. The van der Waals surface area contributed by atoms with Gasteiger partial charge in [-0.15, -0.1) is 0 Å². The Morgan fingerprint density at radius 2 is 1.54 bits per heavy atom. The fraction of sp³-hybridized carbons (Fsp3) is 0.316. The van der Waals surface area contributed by atoms with Crippen LogP contribution in [0.4, 0.5) is 0 Å². The molecule has 2 aromatic rings.